The van der Waals surface area contributed by atoms with Gasteiger partial charge in [-0.2, -0.15) is 0 Å². The fraction of sp³-hybridized carbons (Fsp3) is 0. The number of fused-ring (bicyclic) bond motifs is 14. The monoisotopic (exact) mass is 692 g/mol. The van der Waals surface area contributed by atoms with Gasteiger partial charge in [0.05, 0.1) is 38.0 Å². The topological polar surface area (TPSA) is 35.6 Å². The van der Waals surface area contributed by atoms with E-state index >= 15 is 0 Å². The first kappa shape index (κ1) is 28.8. The van der Waals surface area contributed by atoms with Crippen molar-refractivity contribution in [2.75, 3.05) is 0 Å². The van der Waals surface area contributed by atoms with Crippen molar-refractivity contribution >= 4 is 96.8 Å². The molecule has 0 unspecified atom stereocenters. The molecule has 0 saturated carbocycles. The maximum atomic E-state index is 5.41. The number of aromatic nitrogens is 4. The summed E-state index contributed by atoms with van der Waals surface area (Å²) in [5, 5.41) is 11.0. The highest BCUT2D eigenvalue weighted by Gasteiger charge is 2.24. The average molecular weight is 693 g/mol. The smallest absolute Gasteiger partial charge is 0.235 e. The lowest BCUT2D eigenvalue weighted by Gasteiger charge is -2.12. The van der Waals surface area contributed by atoms with Crippen molar-refractivity contribution < 1.29 is 0 Å². The summed E-state index contributed by atoms with van der Waals surface area (Å²) in [6, 6.07) is 60.9. The van der Waals surface area contributed by atoms with E-state index in [9.17, 15) is 0 Å². The minimum Gasteiger partial charge on any atom is -0.309 e. The van der Waals surface area contributed by atoms with Crippen LogP contribution in [0.15, 0.2) is 170 Å². The van der Waals surface area contributed by atoms with Gasteiger partial charge >= 0.3 is 0 Å². The summed E-state index contributed by atoms with van der Waals surface area (Å²) in [5.41, 5.74) is 8.75. The molecule has 4 heterocycles. The Morgan fingerprint density at radius 2 is 0.981 bits per heavy atom. The number of para-hydroxylation sites is 4. The van der Waals surface area contributed by atoms with Crippen LogP contribution >= 0.6 is 11.3 Å². The van der Waals surface area contributed by atoms with Crippen LogP contribution in [0.5, 0.6) is 0 Å². The van der Waals surface area contributed by atoms with Crippen LogP contribution in [0.25, 0.3) is 108 Å². The predicted octanol–water partition coefficient (Wildman–Crippen LogP) is 13.0. The first-order valence-corrected chi connectivity index (χ1v) is 18.7. The molecule has 4 aromatic heterocycles. The molecule has 12 rings (SSSR count). The van der Waals surface area contributed by atoms with Crippen molar-refractivity contribution in [3.8, 4) is 22.9 Å². The van der Waals surface area contributed by atoms with Crippen molar-refractivity contribution in [3.63, 3.8) is 0 Å². The van der Waals surface area contributed by atoms with Crippen LogP contribution in [-0.4, -0.2) is 19.1 Å². The third kappa shape index (κ3) is 4.00. The van der Waals surface area contributed by atoms with Gasteiger partial charge in [-0.3, -0.25) is 4.57 Å². The maximum absolute atomic E-state index is 5.41. The fourth-order valence-corrected chi connectivity index (χ4v) is 9.93. The zero-order valence-corrected chi connectivity index (χ0v) is 29.2. The predicted molar refractivity (Wildman–Crippen MR) is 224 cm³/mol. The molecule has 0 N–H and O–H groups in total. The Balaban J connectivity index is 1.24. The zero-order chi connectivity index (χ0) is 34.6. The molecule has 246 valence electrons. The Kier molecular flexibility index (Phi) is 5.90. The van der Waals surface area contributed by atoms with Gasteiger partial charge in [0.1, 0.15) is 0 Å². The van der Waals surface area contributed by atoms with Gasteiger partial charge in [0.15, 0.2) is 0 Å². The molecule has 0 amide bonds. The summed E-state index contributed by atoms with van der Waals surface area (Å²) in [4.78, 5) is 10.7. The van der Waals surface area contributed by atoms with Gasteiger partial charge in [-0.15, -0.1) is 11.3 Å². The van der Waals surface area contributed by atoms with Gasteiger partial charge in [-0.05, 0) is 53.2 Å². The highest BCUT2D eigenvalue weighted by molar-refractivity contribution is 7.27. The molecule has 0 aliphatic rings. The lowest BCUT2D eigenvalue weighted by Crippen LogP contribution is -2.03. The summed E-state index contributed by atoms with van der Waals surface area (Å²) in [7, 11) is 0. The van der Waals surface area contributed by atoms with E-state index in [4.69, 9.17) is 9.97 Å². The van der Waals surface area contributed by atoms with Gasteiger partial charge in [-0.25, -0.2) is 9.97 Å². The van der Waals surface area contributed by atoms with Crippen molar-refractivity contribution in [2.45, 2.75) is 0 Å². The van der Waals surface area contributed by atoms with Gasteiger partial charge in [0.2, 0.25) is 5.95 Å². The molecule has 0 spiro atoms. The van der Waals surface area contributed by atoms with Crippen LogP contribution in [0.1, 0.15) is 0 Å². The Bertz CT molecular complexity index is 3410. The van der Waals surface area contributed by atoms with E-state index in [0.717, 1.165) is 38.9 Å². The number of benzene rings is 8. The zero-order valence-electron chi connectivity index (χ0n) is 28.4. The van der Waals surface area contributed by atoms with Crippen LogP contribution < -0.4 is 0 Å². The van der Waals surface area contributed by atoms with Crippen LogP contribution in [0.3, 0.4) is 0 Å². The van der Waals surface area contributed by atoms with Gasteiger partial charge < -0.3 is 4.57 Å². The molecule has 0 saturated heterocycles. The molecular weight excluding hydrogens is 665 g/mol. The molecule has 53 heavy (non-hydrogen) atoms. The van der Waals surface area contributed by atoms with E-state index in [0.29, 0.717) is 5.95 Å². The molecule has 8 aromatic carbocycles. The van der Waals surface area contributed by atoms with Gasteiger partial charge in [0.25, 0.3) is 0 Å². The number of rotatable bonds is 3. The fourth-order valence-electron chi connectivity index (χ4n) is 8.69. The molecule has 0 fully saturated rings. The first-order chi connectivity index (χ1) is 26.3. The number of thiophene rings is 1. The Labute approximate surface area is 307 Å². The molecule has 0 bridgehead atoms. The molecule has 5 heteroatoms. The van der Waals surface area contributed by atoms with Crippen LogP contribution in [0, 0.1) is 0 Å². The van der Waals surface area contributed by atoms with Crippen LogP contribution in [-0.2, 0) is 0 Å². The van der Waals surface area contributed by atoms with Crippen molar-refractivity contribution in [1.82, 2.24) is 19.1 Å². The molecule has 4 nitrogen and oxygen atoms in total. The third-order valence-corrected chi connectivity index (χ3v) is 12.1. The Morgan fingerprint density at radius 3 is 1.70 bits per heavy atom. The third-order valence-electron chi connectivity index (χ3n) is 10.9. The van der Waals surface area contributed by atoms with Crippen LogP contribution in [0.4, 0.5) is 0 Å². The van der Waals surface area contributed by atoms with E-state index in [2.05, 4.69) is 179 Å². The summed E-state index contributed by atoms with van der Waals surface area (Å²) in [5.74, 6) is 0.675. The number of hydrogen-bond donors (Lipinski definition) is 0. The normalized spacial score (nSPS) is 12.2. The lowest BCUT2D eigenvalue weighted by molar-refractivity contribution is 1.02. The van der Waals surface area contributed by atoms with Crippen molar-refractivity contribution in [3.05, 3.63) is 170 Å². The Morgan fingerprint density at radius 1 is 0.415 bits per heavy atom. The minimum absolute atomic E-state index is 0.675. The quantitative estimate of drug-likeness (QED) is 0.185. The summed E-state index contributed by atoms with van der Waals surface area (Å²) >= 11 is 1.86. The van der Waals surface area contributed by atoms with E-state index in [1.54, 1.807) is 0 Å². The molecule has 12 aromatic rings. The minimum atomic E-state index is 0.675. The van der Waals surface area contributed by atoms with E-state index in [-0.39, 0.29) is 0 Å². The molecule has 0 aliphatic heterocycles. The summed E-state index contributed by atoms with van der Waals surface area (Å²) < 4.78 is 7.23. The number of nitrogens with zero attached hydrogens (tertiary/aromatic N) is 4. The molecule has 0 atom stereocenters. The van der Waals surface area contributed by atoms with Gasteiger partial charge in [-0.1, -0.05) is 127 Å². The SMILES string of the molecule is c1ccc(-c2nc(-n3c4ccccc4c4c5ccccc5c5c6cc(-n7c8ccccc8c8ccccc87)ccc6sc5c43)nc3ccccc23)cc1. The molecular formula is C48H28N4S. The highest BCUT2D eigenvalue weighted by Crippen LogP contribution is 2.48. The second-order valence-electron chi connectivity index (χ2n) is 13.7. The van der Waals surface area contributed by atoms with E-state index in [1.165, 1.54) is 63.5 Å². The first-order valence-electron chi connectivity index (χ1n) is 17.9. The average Bonchev–Trinajstić information content (AvgIpc) is 3.89. The highest BCUT2D eigenvalue weighted by atomic mass is 32.1. The second-order valence-corrected chi connectivity index (χ2v) is 14.8. The van der Waals surface area contributed by atoms with Gasteiger partial charge in [0, 0.05) is 53.7 Å². The van der Waals surface area contributed by atoms with E-state index < -0.39 is 0 Å². The molecule has 0 aliphatic carbocycles. The summed E-state index contributed by atoms with van der Waals surface area (Å²) in [6.07, 6.45) is 0. The van der Waals surface area contributed by atoms with Crippen molar-refractivity contribution in [2.24, 2.45) is 0 Å². The second kappa shape index (κ2) is 10.8. The van der Waals surface area contributed by atoms with Crippen molar-refractivity contribution in [1.29, 1.82) is 0 Å². The largest absolute Gasteiger partial charge is 0.309 e. The van der Waals surface area contributed by atoms with E-state index in [1.807, 2.05) is 11.3 Å². The number of hydrogen-bond acceptors (Lipinski definition) is 3. The standard InChI is InChI=1S/C48H28N4S/c1-2-14-29(15-3-1)45-35-20-6-10-22-38(35)49-48(50-45)52-41-25-13-9-21-36(41)43-33-18-4-5-19-34(33)44-37-28-30(26-27-42(37)53-47(44)46(43)52)51-39-23-11-7-16-31(39)32-17-8-12-24-40(32)51/h1-28H. The lowest BCUT2D eigenvalue weighted by atomic mass is 9.98. The van der Waals surface area contributed by atoms with Crippen LogP contribution in [0.2, 0.25) is 0 Å². The summed E-state index contributed by atoms with van der Waals surface area (Å²) in [6.45, 7) is 0. The molecule has 0 radical (unpaired) electrons. The Hall–Kier alpha value is -6.82. The maximum Gasteiger partial charge on any atom is 0.235 e.